The Bertz CT molecular complexity index is 454. The van der Waals surface area contributed by atoms with Gasteiger partial charge in [0.1, 0.15) is 0 Å². The van der Waals surface area contributed by atoms with Gasteiger partial charge in [-0.25, -0.2) is 9.59 Å². The van der Waals surface area contributed by atoms with Crippen LogP contribution in [0, 0.1) is 0 Å². The summed E-state index contributed by atoms with van der Waals surface area (Å²) in [5.41, 5.74) is 0. The fourth-order valence-electron chi connectivity index (χ4n) is 2.29. The Hall–Kier alpha value is -1.86. The van der Waals surface area contributed by atoms with Gasteiger partial charge in [0.15, 0.2) is 5.79 Å². The number of carbonyl (C=O) groups is 2. The number of methoxy groups -OCH3 is 2. The molecule has 0 unspecified atom stereocenters. The number of hydrogen-bond donors (Lipinski definition) is 0. The molecule has 22 heavy (non-hydrogen) atoms. The van der Waals surface area contributed by atoms with Crippen molar-refractivity contribution in [1.82, 2.24) is 0 Å². The highest BCUT2D eigenvalue weighted by molar-refractivity contribution is 5.98. The van der Waals surface area contributed by atoms with Crippen LogP contribution in [0.25, 0.3) is 0 Å². The Morgan fingerprint density at radius 1 is 1.14 bits per heavy atom. The molecule has 0 bridgehead atoms. The van der Waals surface area contributed by atoms with Crippen LogP contribution in [0.1, 0.15) is 19.3 Å². The highest BCUT2D eigenvalue weighted by atomic mass is 16.7. The molecule has 1 aliphatic carbocycles. The largest absolute Gasteiger partial charge is 0.472 e. The summed E-state index contributed by atoms with van der Waals surface area (Å²) >= 11 is 0. The van der Waals surface area contributed by atoms with Crippen LogP contribution in [0.3, 0.4) is 0 Å². The molecule has 0 saturated heterocycles. The third-order valence-corrected chi connectivity index (χ3v) is 3.54. The van der Waals surface area contributed by atoms with Gasteiger partial charge in [-0.1, -0.05) is 12.2 Å². The quantitative estimate of drug-likeness (QED) is 0.436. The van der Waals surface area contributed by atoms with Gasteiger partial charge in [0.05, 0.1) is 33.2 Å². The van der Waals surface area contributed by atoms with E-state index in [0.29, 0.717) is 38.2 Å². The van der Waals surface area contributed by atoms with Crippen molar-refractivity contribution in [2.24, 2.45) is 0 Å². The third-order valence-electron chi connectivity index (χ3n) is 3.54. The van der Waals surface area contributed by atoms with Crippen molar-refractivity contribution in [3.8, 4) is 0 Å². The smallest absolute Gasteiger partial charge is 0.358 e. The van der Waals surface area contributed by atoms with Gasteiger partial charge < -0.3 is 23.7 Å². The Morgan fingerprint density at radius 3 is 2.18 bits per heavy atom. The van der Waals surface area contributed by atoms with Gasteiger partial charge in [0.2, 0.25) is 0 Å². The normalized spacial score (nSPS) is 20.2. The highest BCUT2D eigenvalue weighted by Crippen LogP contribution is 2.34. The van der Waals surface area contributed by atoms with Crippen LogP contribution in [-0.2, 0) is 33.3 Å². The van der Waals surface area contributed by atoms with Crippen LogP contribution in [0.15, 0.2) is 24.0 Å². The monoisotopic (exact) mass is 312 g/mol. The summed E-state index contributed by atoms with van der Waals surface area (Å²) in [5, 5.41) is 0. The lowest BCUT2D eigenvalue weighted by Crippen LogP contribution is -2.39. The zero-order chi connectivity index (χ0) is 16.0. The third kappa shape index (κ3) is 3.86. The Balaban J connectivity index is 2.00. The van der Waals surface area contributed by atoms with E-state index in [1.54, 1.807) is 6.08 Å². The van der Waals surface area contributed by atoms with E-state index in [1.807, 2.05) is 12.2 Å². The van der Waals surface area contributed by atoms with E-state index in [-0.39, 0.29) is 0 Å². The van der Waals surface area contributed by atoms with Gasteiger partial charge in [-0.05, 0) is 6.08 Å². The average molecular weight is 312 g/mol. The number of ether oxygens (including phenoxy) is 5. The second kappa shape index (κ2) is 7.42. The van der Waals surface area contributed by atoms with Crippen LogP contribution in [-0.4, -0.2) is 51.3 Å². The van der Waals surface area contributed by atoms with Crippen molar-refractivity contribution in [2.75, 3.05) is 27.4 Å². The second-order valence-electron chi connectivity index (χ2n) is 4.92. The van der Waals surface area contributed by atoms with Gasteiger partial charge in [0, 0.05) is 19.3 Å². The standard InChI is InChI=1S/C15H20O7/c1-18-13(16)12(14(17)19-2)22-11-5-7-15(8-6-11)20-9-3-4-10-21-15/h3-5,12H,6-10H2,1-2H3. The van der Waals surface area contributed by atoms with Gasteiger partial charge in [-0.3, -0.25) is 0 Å². The summed E-state index contributed by atoms with van der Waals surface area (Å²) in [4.78, 5) is 23.2. The van der Waals surface area contributed by atoms with Crippen molar-refractivity contribution in [1.29, 1.82) is 0 Å². The zero-order valence-electron chi connectivity index (χ0n) is 12.7. The molecule has 1 spiro atoms. The van der Waals surface area contributed by atoms with E-state index >= 15 is 0 Å². The molecule has 0 aromatic rings. The van der Waals surface area contributed by atoms with Crippen LogP contribution in [0.4, 0.5) is 0 Å². The second-order valence-corrected chi connectivity index (χ2v) is 4.92. The molecule has 0 fully saturated rings. The fraction of sp³-hybridized carbons (Fsp3) is 0.600. The lowest BCUT2D eigenvalue weighted by Gasteiger charge is -2.35. The molecule has 0 amide bonds. The predicted molar refractivity (Wildman–Crippen MR) is 74.6 cm³/mol. The minimum Gasteiger partial charge on any atom is -0.472 e. The lowest BCUT2D eigenvalue weighted by atomic mass is 9.98. The van der Waals surface area contributed by atoms with Crippen LogP contribution >= 0.6 is 0 Å². The average Bonchev–Trinajstić information content (AvgIpc) is 2.79. The molecule has 7 heteroatoms. The minimum atomic E-state index is -1.41. The van der Waals surface area contributed by atoms with E-state index in [2.05, 4.69) is 9.47 Å². The van der Waals surface area contributed by atoms with E-state index < -0.39 is 23.8 Å². The van der Waals surface area contributed by atoms with Gasteiger partial charge in [0.25, 0.3) is 6.10 Å². The Morgan fingerprint density at radius 2 is 1.73 bits per heavy atom. The van der Waals surface area contributed by atoms with Crippen LogP contribution in [0.2, 0.25) is 0 Å². The number of hydrogen-bond acceptors (Lipinski definition) is 7. The fourth-order valence-corrected chi connectivity index (χ4v) is 2.29. The number of allylic oxidation sites excluding steroid dienone is 1. The topological polar surface area (TPSA) is 80.3 Å². The SMILES string of the molecule is COC(=O)C(OC1=CCC2(CC1)OCC=CCO2)C(=O)OC. The molecule has 122 valence electrons. The first-order valence-corrected chi connectivity index (χ1v) is 7.04. The number of esters is 2. The molecular weight excluding hydrogens is 292 g/mol. The molecule has 0 aromatic heterocycles. The maximum atomic E-state index is 11.6. The Labute approximate surface area is 128 Å². The summed E-state index contributed by atoms with van der Waals surface area (Å²) in [7, 11) is 2.37. The molecule has 1 aliphatic heterocycles. The molecular formula is C15H20O7. The van der Waals surface area contributed by atoms with Gasteiger partial charge in [-0.2, -0.15) is 0 Å². The molecule has 0 radical (unpaired) electrons. The first-order chi connectivity index (χ1) is 10.6. The van der Waals surface area contributed by atoms with E-state index in [4.69, 9.17) is 14.2 Å². The maximum absolute atomic E-state index is 11.6. The van der Waals surface area contributed by atoms with Crippen molar-refractivity contribution in [3.63, 3.8) is 0 Å². The van der Waals surface area contributed by atoms with E-state index in [0.717, 1.165) is 0 Å². The minimum absolute atomic E-state index is 0.485. The van der Waals surface area contributed by atoms with Crippen molar-refractivity contribution in [3.05, 3.63) is 24.0 Å². The van der Waals surface area contributed by atoms with Crippen LogP contribution in [0.5, 0.6) is 0 Å². The first kappa shape index (κ1) is 16.5. The summed E-state index contributed by atoms with van der Waals surface area (Å²) < 4.78 is 26.0. The number of rotatable bonds is 4. The van der Waals surface area contributed by atoms with Gasteiger partial charge >= 0.3 is 11.9 Å². The summed E-state index contributed by atoms with van der Waals surface area (Å²) in [5.74, 6) is -1.73. The molecule has 7 nitrogen and oxygen atoms in total. The number of carbonyl (C=O) groups excluding carboxylic acids is 2. The summed E-state index contributed by atoms with van der Waals surface area (Å²) in [6.45, 7) is 0.994. The summed E-state index contributed by atoms with van der Waals surface area (Å²) in [6.07, 6.45) is 5.74. The summed E-state index contributed by atoms with van der Waals surface area (Å²) in [6, 6.07) is 0. The molecule has 1 heterocycles. The zero-order valence-corrected chi connectivity index (χ0v) is 12.7. The molecule has 2 rings (SSSR count). The van der Waals surface area contributed by atoms with Crippen molar-refractivity contribution in [2.45, 2.75) is 31.2 Å². The molecule has 0 atom stereocenters. The van der Waals surface area contributed by atoms with Crippen molar-refractivity contribution < 1.29 is 33.3 Å². The van der Waals surface area contributed by atoms with E-state index in [1.165, 1.54) is 14.2 Å². The van der Waals surface area contributed by atoms with Gasteiger partial charge in [-0.15, -0.1) is 0 Å². The first-order valence-electron chi connectivity index (χ1n) is 7.04. The lowest BCUT2D eigenvalue weighted by molar-refractivity contribution is -0.227. The maximum Gasteiger partial charge on any atom is 0.358 e. The molecule has 0 aromatic carbocycles. The molecule has 0 saturated carbocycles. The van der Waals surface area contributed by atoms with Crippen LogP contribution < -0.4 is 0 Å². The molecule has 0 N–H and O–H groups in total. The predicted octanol–water partition coefficient (Wildman–Crippen LogP) is 1.08. The van der Waals surface area contributed by atoms with Crippen molar-refractivity contribution >= 4 is 11.9 Å². The van der Waals surface area contributed by atoms with E-state index in [9.17, 15) is 9.59 Å². The molecule has 2 aliphatic rings. The Kier molecular flexibility index (Phi) is 5.57. The highest BCUT2D eigenvalue weighted by Gasteiger charge is 2.37.